The zero-order chi connectivity index (χ0) is 36.7. The number of carbonyl (C=O) groups excluding carboxylic acids is 1. The minimum atomic E-state index is -1.81. The highest BCUT2D eigenvalue weighted by Gasteiger charge is 2.54. The number of nitrogens with one attached hydrogen (secondary N) is 1. The van der Waals surface area contributed by atoms with E-state index < -0.39 is 134 Å². The van der Waals surface area contributed by atoms with Gasteiger partial charge in [-0.25, -0.2) is 0 Å². The van der Waals surface area contributed by atoms with Gasteiger partial charge in [0.05, 0.1) is 42.5 Å². The van der Waals surface area contributed by atoms with Crippen molar-refractivity contribution in [1.29, 1.82) is 0 Å². The highest BCUT2D eigenvalue weighted by Crippen LogP contribution is 2.34. The fraction of sp³-hybridized carbons (Fsp3) is 0.967. The van der Waals surface area contributed by atoms with Crippen molar-refractivity contribution >= 4 is 5.91 Å². The molecular weight excluding hydrogens is 662 g/mol. The fourth-order valence-electron chi connectivity index (χ4n) is 6.38. The maximum absolute atomic E-state index is 12.5. The lowest BCUT2D eigenvalue weighted by molar-refractivity contribution is -0.385. The molecule has 0 radical (unpaired) electrons. The first-order valence-electron chi connectivity index (χ1n) is 16.3. The van der Waals surface area contributed by atoms with E-state index in [2.05, 4.69) is 5.32 Å². The molecule has 0 aromatic rings. The Labute approximate surface area is 283 Å². The first-order valence-corrected chi connectivity index (χ1v) is 16.3. The number of hydrogen-bond donors (Lipinski definition) is 10. The molecule has 286 valence electrons. The summed E-state index contributed by atoms with van der Waals surface area (Å²) >= 11 is 0. The SMILES string of the molecule is COC1[C@H](O[C@@H]2C(O)[C@H](O[C@@H]3[C@H](O)C(OC4[C@H](O)OC(C)[C@H](O)[C@@H]4O)OC(C)[C@@H]3O)OC(C)[C@@H]2O)OC(C)[C@@H](NC(=O)CC(C)(C)O)[C@@H]1O. The van der Waals surface area contributed by atoms with Crippen LogP contribution in [0.4, 0.5) is 0 Å². The maximum atomic E-state index is 12.5. The summed E-state index contributed by atoms with van der Waals surface area (Å²) in [4.78, 5) is 12.5. The third-order valence-electron chi connectivity index (χ3n) is 9.26. The highest BCUT2D eigenvalue weighted by molar-refractivity contribution is 5.77. The Balaban J connectivity index is 1.46. The normalized spacial score (nSPS) is 49.8. The summed E-state index contributed by atoms with van der Waals surface area (Å²) in [7, 11) is 1.26. The van der Waals surface area contributed by atoms with Crippen LogP contribution >= 0.6 is 0 Å². The van der Waals surface area contributed by atoms with Gasteiger partial charge in [0, 0.05) is 7.11 Å². The van der Waals surface area contributed by atoms with Gasteiger partial charge < -0.3 is 89.2 Å². The molecule has 19 nitrogen and oxygen atoms in total. The van der Waals surface area contributed by atoms with Gasteiger partial charge in [0.1, 0.15) is 67.1 Å². The quantitative estimate of drug-likeness (QED) is 0.102. The third kappa shape index (κ3) is 9.06. The first kappa shape index (κ1) is 40.6. The molecule has 0 spiro atoms. The smallest absolute Gasteiger partial charge is 0.223 e. The second-order valence-corrected chi connectivity index (χ2v) is 13.9. The molecule has 4 fully saturated rings. The number of methoxy groups -OCH3 is 1. The van der Waals surface area contributed by atoms with Crippen molar-refractivity contribution < 1.29 is 88.6 Å². The van der Waals surface area contributed by atoms with E-state index in [0.717, 1.165) is 0 Å². The van der Waals surface area contributed by atoms with Crippen molar-refractivity contribution in [3.63, 3.8) is 0 Å². The predicted octanol–water partition coefficient (Wildman–Crippen LogP) is -4.70. The van der Waals surface area contributed by atoms with E-state index in [1.54, 1.807) is 6.92 Å². The molecule has 0 aromatic heterocycles. The van der Waals surface area contributed by atoms with E-state index in [-0.39, 0.29) is 6.42 Å². The largest absolute Gasteiger partial charge is 0.390 e. The topological polar surface area (TPSA) is 285 Å². The Kier molecular flexibility index (Phi) is 13.4. The Hall–Kier alpha value is -1.21. The lowest BCUT2D eigenvalue weighted by atomic mass is 9.94. The molecule has 4 saturated heterocycles. The summed E-state index contributed by atoms with van der Waals surface area (Å²) in [5, 5.41) is 99.0. The van der Waals surface area contributed by atoms with Crippen LogP contribution in [0.5, 0.6) is 0 Å². The molecule has 0 bridgehead atoms. The highest BCUT2D eigenvalue weighted by atomic mass is 16.8. The molecule has 4 heterocycles. The van der Waals surface area contributed by atoms with E-state index in [0.29, 0.717) is 0 Å². The van der Waals surface area contributed by atoms with Crippen molar-refractivity contribution in [2.24, 2.45) is 0 Å². The molecule has 0 saturated carbocycles. The van der Waals surface area contributed by atoms with Crippen molar-refractivity contribution in [3.05, 3.63) is 0 Å². The van der Waals surface area contributed by atoms with Crippen LogP contribution in [-0.2, 0) is 42.7 Å². The number of hydrogen-bond acceptors (Lipinski definition) is 18. The summed E-state index contributed by atoms with van der Waals surface area (Å²) in [5.74, 6) is -0.545. The zero-order valence-electron chi connectivity index (χ0n) is 28.5. The summed E-state index contributed by atoms with van der Waals surface area (Å²) in [6.07, 6.45) is -27.4. The summed E-state index contributed by atoms with van der Waals surface area (Å²) < 4.78 is 45.2. The van der Waals surface area contributed by atoms with E-state index in [1.165, 1.54) is 41.7 Å². The van der Waals surface area contributed by atoms with Gasteiger partial charge in [0.15, 0.2) is 25.2 Å². The Morgan fingerprint density at radius 3 is 1.53 bits per heavy atom. The molecule has 0 aliphatic carbocycles. The van der Waals surface area contributed by atoms with Gasteiger partial charge in [-0.3, -0.25) is 4.79 Å². The van der Waals surface area contributed by atoms with Crippen LogP contribution in [0.3, 0.4) is 0 Å². The second kappa shape index (κ2) is 16.2. The fourth-order valence-corrected chi connectivity index (χ4v) is 6.38. The first-order chi connectivity index (χ1) is 22.7. The Bertz CT molecular complexity index is 1080. The molecule has 19 heteroatoms. The van der Waals surface area contributed by atoms with Crippen molar-refractivity contribution in [3.8, 4) is 0 Å². The summed E-state index contributed by atoms with van der Waals surface area (Å²) in [5.41, 5.74) is -1.30. The lowest BCUT2D eigenvalue weighted by Gasteiger charge is -2.49. The standard InChI is InChI=1S/C30H53NO18/c1-9-14(31-13(32)8-30(5,6)41)18(36)25(42-7)29(44-9)48-23-17(35)12(4)45-27(21(23)39)47-22-16(34)11(3)46-28(20(22)38)49-24-19(37)15(33)10(2)43-26(24)40/h9-12,14-29,33-41H,8H2,1-7H3,(H,31,32)/t9?,10?,11?,12?,14-,15+,16+,17+,18+,19+,20+,21?,22+,23+,24?,25?,26-,27+,28?,29+/m1/s1. The van der Waals surface area contributed by atoms with Crippen LogP contribution in [0.1, 0.15) is 48.0 Å². The van der Waals surface area contributed by atoms with Crippen LogP contribution in [0.15, 0.2) is 0 Å². The maximum Gasteiger partial charge on any atom is 0.223 e. The van der Waals surface area contributed by atoms with Gasteiger partial charge in [-0.15, -0.1) is 0 Å². The Morgan fingerprint density at radius 2 is 1.04 bits per heavy atom. The van der Waals surface area contributed by atoms with Crippen LogP contribution in [-0.4, -0.2) is 187 Å². The number of rotatable bonds is 10. The molecule has 1 amide bonds. The van der Waals surface area contributed by atoms with E-state index >= 15 is 0 Å². The number of ether oxygens (including phenoxy) is 8. The zero-order valence-corrected chi connectivity index (χ0v) is 28.5. The van der Waals surface area contributed by atoms with Gasteiger partial charge >= 0.3 is 0 Å². The number of aliphatic hydroxyl groups is 9. The van der Waals surface area contributed by atoms with E-state index in [4.69, 9.17) is 37.9 Å². The molecule has 20 atom stereocenters. The molecule has 4 aliphatic heterocycles. The minimum absolute atomic E-state index is 0.246. The lowest BCUT2D eigenvalue weighted by Crippen LogP contribution is -2.67. The van der Waals surface area contributed by atoms with Gasteiger partial charge in [-0.2, -0.15) is 0 Å². The van der Waals surface area contributed by atoms with Gasteiger partial charge in [-0.05, 0) is 41.5 Å². The molecule has 49 heavy (non-hydrogen) atoms. The molecule has 10 N–H and O–H groups in total. The predicted molar refractivity (Wildman–Crippen MR) is 160 cm³/mol. The molecule has 0 aromatic carbocycles. The molecular formula is C30H53NO18. The van der Waals surface area contributed by atoms with E-state index in [1.807, 2.05) is 0 Å². The van der Waals surface area contributed by atoms with E-state index in [9.17, 15) is 50.8 Å². The van der Waals surface area contributed by atoms with Crippen molar-refractivity contribution in [2.45, 2.75) is 176 Å². The molecule has 8 unspecified atom stereocenters. The van der Waals surface area contributed by atoms with Gasteiger partial charge in [0.2, 0.25) is 5.91 Å². The Morgan fingerprint density at radius 1 is 0.592 bits per heavy atom. The van der Waals surface area contributed by atoms with Crippen molar-refractivity contribution in [2.75, 3.05) is 7.11 Å². The van der Waals surface area contributed by atoms with Gasteiger partial charge in [0.25, 0.3) is 0 Å². The monoisotopic (exact) mass is 715 g/mol. The third-order valence-corrected chi connectivity index (χ3v) is 9.26. The number of carbonyl (C=O) groups is 1. The van der Waals surface area contributed by atoms with Crippen LogP contribution in [0, 0.1) is 0 Å². The molecule has 4 aliphatic rings. The minimum Gasteiger partial charge on any atom is -0.390 e. The second-order valence-electron chi connectivity index (χ2n) is 13.9. The number of aliphatic hydroxyl groups excluding tert-OH is 8. The molecule has 4 rings (SSSR count). The number of amides is 1. The average Bonchev–Trinajstić information content (AvgIpc) is 3.00. The summed E-state index contributed by atoms with van der Waals surface area (Å²) in [6, 6.07) is -0.970. The van der Waals surface area contributed by atoms with Crippen molar-refractivity contribution in [1.82, 2.24) is 5.32 Å². The average molecular weight is 716 g/mol. The van der Waals surface area contributed by atoms with Gasteiger partial charge in [-0.1, -0.05) is 0 Å². The van der Waals surface area contributed by atoms with Crippen LogP contribution in [0.2, 0.25) is 0 Å². The van der Waals surface area contributed by atoms with Crippen LogP contribution < -0.4 is 5.32 Å². The summed E-state index contributed by atoms with van der Waals surface area (Å²) in [6.45, 7) is 8.79. The van der Waals surface area contributed by atoms with Crippen LogP contribution in [0.25, 0.3) is 0 Å².